The summed E-state index contributed by atoms with van der Waals surface area (Å²) in [5.74, 6) is 0. The van der Waals surface area contributed by atoms with E-state index in [4.69, 9.17) is 11.6 Å². The molecule has 1 heterocycles. The molecule has 1 aromatic carbocycles. The zero-order valence-electron chi connectivity index (χ0n) is 11.4. The van der Waals surface area contributed by atoms with Crippen LogP contribution in [0.3, 0.4) is 0 Å². The molecule has 2 rings (SSSR count). The van der Waals surface area contributed by atoms with Gasteiger partial charge in [0, 0.05) is 6.20 Å². The molecule has 2 aromatic rings. The number of anilines is 1. The van der Waals surface area contributed by atoms with Crippen LogP contribution >= 0.6 is 11.6 Å². The molecule has 0 amide bonds. The van der Waals surface area contributed by atoms with Crippen molar-refractivity contribution >= 4 is 27.3 Å². The lowest BCUT2D eigenvalue weighted by Gasteiger charge is -2.13. The van der Waals surface area contributed by atoms with Gasteiger partial charge in [0.25, 0.3) is 10.0 Å². The number of benzene rings is 1. The molecule has 0 aliphatic heterocycles. The largest absolute Gasteiger partial charge is 0.279 e. The molecule has 0 saturated carbocycles. The third-order valence-electron chi connectivity index (χ3n) is 2.85. The SMILES string of the molecule is Cc1cc(C)c(S(=O)(=O)Nc2ccnc(Cl)c2)c(C)c1. The van der Waals surface area contributed by atoms with E-state index in [1.165, 1.54) is 12.3 Å². The Labute approximate surface area is 123 Å². The maximum atomic E-state index is 12.5. The Hall–Kier alpha value is -1.59. The second kappa shape index (κ2) is 5.42. The lowest BCUT2D eigenvalue weighted by molar-refractivity contribution is 0.600. The van der Waals surface area contributed by atoms with Crippen LogP contribution in [0.25, 0.3) is 0 Å². The minimum atomic E-state index is -3.64. The number of nitrogens with one attached hydrogen (secondary N) is 1. The standard InChI is InChI=1S/C14H15ClN2O2S/c1-9-6-10(2)14(11(3)7-9)20(18,19)17-12-4-5-16-13(15)8-12/h4-8H,1-3H3,(H,16,17). The molecule has 0 aliphatic rings. The highest BCUT2D eigenvalue weighted by atomic mass is 35.5. The summed E-state index contributed by atoms with van der Waals surface area (Å²) in [6, 6.07) is 6.72. The molecule has 1 N–H and O–H groups in total. The van der Waals surface area contributed by atoms with E-state index in [9.17, 15) is 8.42 Å². The lowest BCUT2D eigenvalue weighted by atomic mass is 10.1. The number of aryl methyl sites for hydroxylation is 3. The normalized spacial score (nSPS) is 11.4. The summed E-state index contributed by atoms with van der Waals surface area (Å²) in [7, 11) is -3.64. The molecule has 1 aromatic heterocycles. The molecular formula is C14H15ClN2O2S. The van der Waals surface area contributed by atoms with Crippen LogP contribution in [0.15, 0.2) is 35.4 Å². The molecule has 0 radical (unpaired) electrons. The van der Waals surface area contributed by atoms with E-state index in [1.807, 2.05) is 19.1 Å². The van der Waals surface area contributed by atoms with Gasteiger partial charge in [0.15, 0.2) is 0 Å². The lowest BCUT2D eigenvalue weighted by Crippen LogP contribution is -2.16. The van der Waals surface area contributed by atoms with Crippen LogP contribution in [-0.2, 0) is 10.0 Å². The quantitative estimate of drug-likeness (QED) is 0.883. The molecule has 6 heteroatoms. The number of halogens is 1. The summed E-state index contributed by atoms with van der Waals surface area (Å²) in [6.45, 7) is 5.51. The zero-order valence-corrected chi connectivity index (χ0v) is 13.0. The van der Waals surface area contributed by atoms with E-state index in [0.29, 0.717) is 10.6 Å². The number of rotatable bonds is 3. The number of nitrogens with zero attached hydrogens (tertiary/aromatic N) is 1. The molecule has 0 saturated heterocycles. The van der Waals surface area contributed by atoms with Gasteiger partial charge in [-0.2, -0.15) is 0 Å². The van der Waals surface area contributed by atoms with Crippen molar-refractivity contribution in [3.8, 4) is 0 Å². The maximum absolute atomic E-state index is 12.5. The van der Waals surface area contributed by atoms with E-state index in [0.717, 1.165) is 16.7 Å². The number of sulfonamides is 1. The molecule has 106 valence electrons. The Balaban J connectivity index is 2.46. The van der Waals surface area contributed by atoms with Gasteiger partial charge in [-0.25, -0.2) is 13.4 Å². The second-order valence-corrected chi connectivity index (χ2v) is 6.71. The third kappa shape index (κ3) is 3.11. The number of pyridine rings is 1. The summed E-state index contributed by atoms with van der Waals surface area (Å²) in [6.07, 6.45) is 1.45. The van der Waals surface area contributed by atoms with E-state index in [2.05, 4.69) is 9.71 Å². The minimum Gasteiger partial charge on any atom is -0.279 e. The summed E-state index contributed by atoms with van der Waals surface area (Å²) in [5, 5.41) is 0.238. The van der Waals surface area contributed by atoms with Crippen molar-refractivity contribution in [2.45, 2.75) is 25.7 Å². The summed E-state index contributed by atoms with van der Waals surface area (Å²) < 4.78 is 27.5. The van der Waals surface area contributed by atoms with Crippen LogP contribution in [-0.4, -0.2) is 13.4 Å². The Morgan fingerprint density at radius 3 is 2.25 bits per heavy atom. The first-order valence-electron chi connectivity index (χ1n) is 6.02. The van der Waals surface area contributed by atoms with Gasteiger partial charge in [-0.3, -0.25) is 4.72 Å². The first-order chi connectivity index (χ1) is 9.29. The maximum Gasteiger partial charge on any atom is 0.262 e. The fourth-order valence-corrected chi connectivity index (χ4v) is 3.94. The van der Waals surface area contributed by atoms with Crippen molar-refractivity contribution in [2.75, 3.05) is 4.72 Å². The summed E-state index contributed by atoms with van der Waals surface area (Å²) in [5.41, 5.74) is 2.86. The molecular weight excluding hydrogens is 296 g/mol. The number of hydrogen-bond acceptors (Lipinski definition) is 3. The Bertz CT molecular complexity index is 735. The van der Waals surface area contributed by atoms with Gasteiger partial charge in [0.1, 0.15) is 5.15 Å². The second-order valence-electron chi connectivity index (χ2n) is 4.70. The van der Waals surface area contributed by atoms with E-state index >= 15 is 0 Å². The predicted molar refractivity (Wildman–Crippen MR) is 80.7 cm³/mol. The summed E-state index contributed by atoms with van der Waals surface area (Å²) in [4.78, 5) is 4.12. The predicted octanol–water partition coefficient (Wildman–Crippen LogP) is 3.46. The van der Waals surface area contributed by atoms with Crippen molar-refractivity contribution in [3.05, 3.63) is 52.3 Å². The average molecular weight is 311 g/mol. The van der Waals surface area contributed by atoms with E-state index < -0.39 is 10.0 Å². The van der Waals surface area contributed by atoms with Gasteiger partial charge in [-0.05, 0) is 44.0 Å². The van der Waals surface area contributed by atoms with Gasteiger partial charge in [0.2, 0.25) is 0 Å². The fraction of sp³-hybridized carbons (Fsp3) is 0.214. The van der Waals surface area contributed by atoms with Crippen molar-refractivity contribution in [1.82, 2.24) is 4.98 Å². The number of aromatic nitrogens is 1. The van der Waals surface area contributed by atoms with Gasteiger partial charge in [0.05, 0.1) is 10.6 Å². The molecule has 0 atom stereocenters. The molecule has 0 unspecified atom stereocenters. The van der Waals surface area contributed by atoms with Crippen LogP contribution in [0.5, 0.6) is 0 Å². The first-order valence-corrected chi connectivity index (χ1v) is 7.88. The van der Waals surface area contributed by atoms with Crippen LogP contribution in [0.1, 0.15) is 16.7 Å². The van der Waals surface area contributed by atoms with E-state index in [1.54, 1.807) is 19.9 Å². The van der Waals surface area contributed by atoms with Gasteiger partial charge < -0.3 is 0 Å². The third-order valence-corrected chi connectivity index (χ3v) is 4.74. The minimum absolute atomic E-state index is 0.238. The van der Waals surface area contributed by atoms with Crippen LogP contribution in [0.2, 0.25) is 5.15 Å². The highest BCUT2D eigenvalue weighted by Crippen LogP contribution is 2.24. The molecule has 0 bridgehead atoms. The fourth-order valence-electron chi connectivity index (χ4n) is 2.26. The monoisotopic (exact) mass is 310 g/mol. The summed E-state index contributed by atoms with van der Waals surface area (Å²) >= 11 is 5.76. The molecule has 0 fully saturated rings. The zero-order chi connectivity index (χ0) is 14.9. The molecule has 0 spiro atoms. The topological polar surface area (TPSA) is 59.1 Å². The highest BCUT2D eigenvalue weighted by molar-refractivity contribution is 7.92. The van der Waals surface area contributed by atoms with Crippen LogP contribution in [0, 0.1) is 20.8 Å². The van der Waals surface area contributed by atoms with Crippen LogP contribution < -0.4 is 4.72 Å². The van der Waals surface area contributed by atoms with Crippen molar-refractivity contribution in [1.29, 1.82) is 0 Å². The average Bonchev–Trinajstić information content (AvgIpc) is 2.25. The Morgan fingerprint density at radius 2 is 1.70 bits per heavy atom. The Morgan fingerprint density at radius 1 is 1.10 bits per heavy atom. The van der Waals surface area contributed by atoms with Crippen molar-refractivity contribution < 1.29 is 8.42 Å². The van der Waals surface area contributed by atoms with Crippen LogP contribution in [0.4, 0.5) is 5.69 Å². The number of hydrogen-bond donors (Lipinski definition) is 1. The van der Waals surface area contributed by atoms with Gasteiger partial charge >= 0.3 is 0 Å². The highest BCUT2D eigenvalue weighted by Gasteiger charge is 2.20. The molecule has 4 nitrogen and oxygen atoms in total. The van der Waals surface area contributed by atoms with E-state index in [-0.39, 0.29) is 5.15 Å². The van der Waals surface area contributed by atoms with Crippen molar-refractivity contribution in [3.63, 3.8) is 0 Å². The Kier molecular flexibility index (Phi) is 4.01. The first kappa shape index (κ1) is 14.8. The molecule has 20 heavy (non-hydrogen) atoms. The molecule has 0 aliphatic carbocycles. The van der Waals surface area contributed by atoms with Gasteiger partial charge in [-0.1, -0.05) is 29.3 Å². The van der Waals surface area contributed by atoms with Gasteiger partial charge in [-0.15, -0.1) is 0 Å². The van der Waals surface area contributed by atoms with Crippen molar-refractivity contribution in [2.24, 2.45) is 0 Å². The smallest absolute Gasteiger partial charge is 0.262 e.